The van der Waals surface area contributed by atoms with Crippen molar-refractivity contribution >= 4 is 11.8 Å². The smallest absolute Gasteiger partial charge is 0.255 e. The van der Waals surface area contributed by atoms with Gasteiger partial charge in [-0.15, -0.1) is 0 Å². The molecule has 0 N–H and O–H groups in total. The SMILES string of the molecule is CC(=O)N1CCCC(Cc2cncc(C(=O)N3CCOCC3)c2)C1. The quantitative estimate of drug-likeness (QED) is 0.839. The van der Waals surface area contributed by atoms with Crippen LogP contribution in [-0.4, -0.2) is 66.0 Å². The van der Waals surface area contributed by atoms with Crippen LogP contribution < -0.4 is 0 Å². The number of morpholine rings is 1. The first-order chi connectivity index (χ1) is 11.6. The van der Waals surface area contributed by atoms with Crippen LogP contribution in [0.1, 0.15) is 35.7 Å². The molecule has 130 valence electrons. The van der Waals surface area contributed by atoms with Crippen molar-refractivity contribution in [3.05, 3.63) is 29.6 Å². The molecule has 3 heterocycles. The Bertz CT molecular complexity index is 599. The zero-order valence-electron chi connectivity index (χ0n) is 14.2. The van der Waals surface area contributed by atoms with Gasteiger partial charge in [-0.3, -0.25) is 14.6 Å². The topological polar surface area (TPSA) is 62.7 Å². The minimum Gasteiger partial charge on any atom is -0.378 e. The van der Waals surface area contributed by atoms with Crippen molar-refractivity contribution in [1.82, 2.24) is 14.8 Å². The lowest BCUT2D eigenvalue weighted by molar-refractivity contribution is -0.130. The maximum atomic E-state index is 12.6. The summed E-state index contributed by atoms with van der Waals surface area (Å²) in [6, 6.07) is 1.96. The van der Waals surface area contributed by atoms with Crippen molar-refractivity contribution < 1.29 is 14.3 Å². The first-order valence-corrected chi connectivity index (χ1v) is 8.70. The Balaban J connectivity index is 1.64. The molecule has 6 heteroatoms. The molecule has 0 bridgehead atoms. The summed E-state index contributed by atoms with van der Waals surface area (Å²) in [5.41, 5.74) is 1.72. The van der Waals surface area contributed by atoms with Crippen LogP contribution in [0.2, 0.25) is 0 Å². The number of carbonyl (C=O) groups excluding carboxylic acids is 2. The van der Waals surface area contributed by atoms with Crippen LogP contribution in [0.5, 0.6) is 0 Å². The third kappa shape index (κ3) is 4.12. The van der Waals surface area contributed by atoms with Crippen LogP contribution in [0.4, 0.5) is 0 Å². The van der Waals surface area contributed by atoms with Gasteiger partial charge in [0.2, 0.25) is 5.91 Å². The van der Waals surface area contributed by atoms with Gasteiger partial charge in [0.25, 0.3) is 5.91 Å². The molecule has 0 aliphatic carbocycles. The molecule has 1 atom stereocenters. The third-order valence-corrected chi connectivity index (χ3v) is 4.83. The van der Waals surface area contributed by atoms with E-state index in [1.165, 1.54) is 0 Å². The average Bonchev–Trinajstić information content (AvgIpc) is 2.62. The Hall–Kier alpha value is -1.95. The Labute approximate surface area is 142 Å². The Morgan fingerprint density at radius 2 is 2.00 bits per heavy atom. The number of rotatable bonds is 3. The monoisotopic (exact) mass is 331 g/mol. The molecule has 0 saturated carbocycles. The van der Waals surface area contributed by atoms with Crippen LogP contribution in [-0.2, 0) is 16.0 Å². The summed E-state index contributed by atoms with van der Waals surface area (Å²) in [5, 5.41) is 0. The van der Waals surface area contributed by atoms with E-state index in [-0.39, 0.29) is 11.8 Å². The summed E-state index contributed by atoms with van der Waals surface area (Å²) in [6.07, 6.45) is 6.50. The van der Waals surface area contributed by atoms with Crippen LogP contribution in [0.3, 0.4) is 0 Å². The number of pyridine rings is 1. The fraction of sp³-hybridized carbons (Fsp3) is 0.611. The Morgan fingerprint density at radius 1 is 1.21 bits per heavy atom. The van der Waals surface area contributed by atoms with Crippen molar-refractivity contribution in [3.63, 3.8) is 0 Å². The molecule has 1 unspecified atom stereocenters. The van der Waals surface area contributed by atoms with Gasteiger partial charge < -0.3 is 14.5 Å². The number of hydrogen-bond acceptors (Lipinski definition) is 4. The predicted molar refractivity (Wildman–Crippen MR) is 89.6 cm³/mol. The van der Waals surface area contributed by atoms with E-state index in [0.717, 1.165) is 37.9 Å². The summed E-state index contributed by atoms with van der Waals surface area (Å²) >= 11 is 0. The van der Waals surface area contributed by atoms with E-state index < -0.39 is 0 Å². The fourth-order valence-electron chi connectivity index (χ4n) is 3.52. The van der Waals surface area contributed by atoms with Gasteiger partial charge in [0.1, 0.15) is 0 Å². The van der Waals surface area contributed by atoms with E-state index >= 15 is 0 Å². The van der Waals surface area contributed by atoms with E-state index in [0.29, 0.717) is 37.8 Å². The molecule has 2 aliphatic rings. The highest BCUT2D eigenvalue weighted by molar-refractivity contribution is 5.94. The highest BCUT2D eigenvalue weighted by Crippen LogP contribution is 2.21. The van der Waals surface area contributed by atoms with Crippen molar-refractivity contribution in [2.75, 3.05) is 39.4 Å². The maximum absolute atomic E-state index is 12.6. The molecule has 2 aliphatic heterocycles. The van der Waals surface area contributed by atoms with E-state index in [9.17, 15) is 9.59 Å². The second kappa shape index (κ2) is 7.75. The van der Waals surface area contributed by atoms with Crippen LogP contribution in [0.25, 0.3) is 0 Å². The summed E-state index contributed by atoms with van der Waals surface area (Å²) < 4.78 is 5.30. The Kier molecular flexibility index (Phi) is 5.45. The fourth-order valence-corrected chi connectivity index (χ4v) is 3.52. The molecule has 2 saturated heterocycles. The van der Waals surface area contributed by atoms with E-state index in [1.54, 1.807) is 13.1 Å². The number of likely N-dealkylation sites (tertiary alicyclic amines) is 1. The molecule has 24 heavy (non-hydrogen) atoms. The summed E-state index contributed by atoms with van der Waals surface area (Å²) in [6.45, 7) is 5.77. The van der Waals surface area contributed by atoms with Crippen LogP contribution >= 0.6 is 0 Å². The van der Waals surface area contributed by atoms with Gasteiger partial charge in [0.05, 0.1) is 18.8 Å². The minimum atomic E-state index is 0.0293. The van der Waals surface area contributed by atoms with Crippen LogP contribution in [0.15, 0.2) is 18.5 Å². The van der Waals surface area contributed by atoms with Gasteiger partial charge in [0.15, 0.2) is 0 Å². The molecule has 6 nitrogen and oxygen atoms in total. The lowest BCUT2D eigenvalue weighted by atomic mass is 9.91. The second-order valence-corrected chi connectivity index (χ2v) is 6.66. The number of hydrogen-bond donors (Lipinski definition) is 0. The first kappa shape index (κ1) is 16.9. The number of carbonyl (C=O) groups is 2. The lowest BCUT2D eigenvalue weighted by Gasteiger charge is -2.32. The molecule has 3 rings (SSSR count). The van der Waals surface area contributed by atoms with E-state index in [4.69, 9.17) is 4.74 Å². The summed E-state index contributed by atoms with van der Waals surface area (Å²) in [7, 11) is 0. The molecule has 2 amide bonds. The van der Waals surface area contributed by atoms with Gasteiger partial charge in [-0.05, 0) is 36.8 Å². The number of amides is 2. The molecule has 0 aromatic carbocycles. The molecule has 0 spiro atoms. The zero-order valence-corrected chi connectivity index (χ0v) is 14.2. The second-order valence-electron chi connectivity index (χ2n) is 6.66. The molecule has 1 aromatic heterocycles. The van der Waals surface area contributed by atoms with Gasteiger partial charge >= 0.3 is 0 Å². The van der Waals surface area contributed by atoms with Crippen molar-refractivity contribution in [2.45, 2.75) is 26.2 Å². The molecular weight excluding hydrogens is 306 g/mol. The summed E-state index contributed by atoms with van der Waals surface area (Å²) in [5.74, 6) is 0.619. The maximum Gasteiger partial charge on any atom is 0.255 e. The molecule has 0 radical (unpaired) electrons. The van der Waals surface area contributed by atoms with Gasteiger partial charge in [-0.25, -0.2) is 0 Å². The predicted octanol–water partition coefficient (Wildman–Crippen LogP) is 1.35. The highest BCUT2D eigenvalue weighted by Gasteiger charge is 2.23. The normalized spacial score (nSPS) is 21.6. The van der Waals surface area contributed by atoms with Crippen molar-refractivity contribution in [3.8, 4) is 0 Å². The summed E-state index contributed by atoms with van der Waals surface area (Å²) in [4.78, 5) is 32.1. The number of aromatic nitrogens is 1. The molecular formula is C18H25N3O3. The standard InChI is InChI=1S/C18H25N3O3/c1-14(22)21-4-2-3-15(13-21)9-16-10-17(12-19-11-16)18(23)20-5-7-24-8-6-20/h10-12,15H,2-9,13H2,1H3. The molecule has 2 fully saturated rings. The molecule has 1 aromatic rings. The first-order valence-electron chi connectivity index (χ1n) is 8.70. The number of nitrogens with zero attached hydrogens (tertiary/aromatic N) is 3. The van der Waals surface area contributed by atoms with Gasteiger partial charge in [-0.1, -0.05) is 0 Å². The minimum absolute atomic E-state index is 0.0293. The van der Waals surface area contributed by atoms with Crippen LogP contribution in [0, 0.1) is 5.92 Å². The van der Waals surface area contributed by atoms with Crippen molar-refractivity contribution in [2.24, 2.45) is 5.92 Å². The van der Waals surface area contributed by atoms with Gasteiger partial charge in [0, 0.05) is 45.5 Å². The Morgan fingerprint density at radius 3 is 2.75 bits per heavy atom. The largest absolute Gasteiger partial charge is 0.378 e. The lowest BCUT2D eigenvalue weighted by Crippen LogP contribution is -2.40. The number of ether oxygens (including phenoxy) is 1. The zero-order chi connectivity index (χ0) is 16.9. The third-order valence-electron chi connectivity index (χ3n) is 4.83. The number of piperidine rings is 1. The van der Waals surface area contributed by atoms with E-state index in [2.05, 4.69) is 4.98 Å². The van der Waals surface area contributed by atoms with Crippen molar-refractivity contribution in [1.29, 1.82) is 0 Å². The average molecular weight is 331 g/mol. The highest BCUT2D eigenvalue weighted by atomic mass is 16.5. The van der Waals surface area contributed by atoms with E-state index in [1.807, 2.05) is 22.1 Å². The van der Waals surface area contributed by atoms with Gasteiger partial charge in [-0.2, -0.15) is 0 Å².